The van der Waals surface area contributed by atoms with E-state index in [0.717, 1.165) is 5.69 Å². The highest BCUT2D eigenvalue weighted by molar-refractivity contribution is 6.30. The minimum absolute atomic E-state index is 0.0185. The molecule has 0 aliphatic carbocycles. The fraction of sp³-hybridized carbons (Fsp3) is 0.143. The van der Waals surface area contributed by atoms with E-state index in [4.69, 9.17) is 16.3 Å². The van der Waals surface area contributed by atoms with Crippen molar-refractivity contribution in [2.24, 2.45) is 0 Å². The molecular formula is C14H14ClN3O2. The molecule has 1 amide bonds. The van der Waals surface area contributed by atoms with Crippen LogP contribution in [0.2, 0.25) is 5.02 Å². The SMILES string of the molecule is CNC(=O)COc1cccc(Nc2cc(Cl)ccn2)c1. The molecule has 5 nitrogen and oxygen atoms in total. The Hall–Kier alpha value is -2.27. The molecule has 20 heavy (non-hydrogen) atoms. The summed E-state index contributed by atoms with van der Waals surface area (Å²) in [6.07, 6.45) is 1.62. The van der Waals surface area contributed by atoms with Crippen LogP contribution < -0.4 is 15.4 Å². The van der Waals surface area contributed by atoms with E-state index in [1.807, 2.05) is 12.1 Å². The van der Waals surface area contributed by atoms with Crippen molar-refractivity contribution in [1.29, 1.82) is 0 Å². The van der Waals surface area contributed by atoms with Gasteiger partial charge in [-0.15, -0.1) is 0 Å². The Labute approximate surface area is 121 Å². The van der Waals surface area contributed by atoms with Gasteiger partial charge in [-0.2, -0.15) is 0 Å². The van der Waals surface area contributed by atoms with Gasteiger partial charge in [0.15, 0.2) is 6.61 Å². The molecule has 0 aliphatic rings. The van der Waals surface area contributed by atoms with Crippen LogP contribution in [0.25, 0.3) is 0 Å². The summed E-state index contributed by atoms with van der Waals surface area (Å²) in [6, 6.07) is 10.7. The van der Waals surface area contributed by atoms with Gasteiger partial charge in [0.2, 0.25) is 0 Å². The maximum absolute atomic E-state index is 11.1. The number of pyridine rings is 1. The molecule has 6 heteroatoms. The molecular weight excluding hydrogens is 278 g/mol. The van der Waals surface area contributed by atoms with E-state index >= 15 is 0 Å². The first-order valence-corrected chi connectivity index (χ1v) is 6.37. The number of hydrogen-bond acceptors (Lipinski definition) is 4. The van der Waals surface area contributed by atoms with Crippen LogP contribution in [0.3, 0.4) is 0 Å². The molecule has 2 rings (SSSR count). The molecule has 0 fully saturated rings. The Morgan fingerprint density at radius 1 is 1.35 bits per heavy atom. The highest BCUT2D eigenvalue weighted by Crippen LogP contribution is 2.21. The second-order valence-electron chi connectivity index (χ2n) is 3.97. The number of anilines is 2. The zero-order valence-electron chi connectivity index (χ0n) is 10.9. The number of halogens is 1. The fourth-order valence-corrected chi connectivity index (χ4v) is 1.67. The van der Waals surface area contributed by atoms with Gasteiger partial charge in [0.25, 0.3) is 5.91 Å². The molecule has 0 unspecified atom stereocenters. The zero-order valence-corrected chi connectivity index (χ0v) is 11.6. The molecule has 0 spiro atoms. The number of hydrogen-bond donors (Lipinski definition) is 2. The molecule has 1 aromatic heterocycles. The van der Waals surface area contributed by atoms with E-state index in [9.17, 15) is 4.79 Å². The molecule has 0 aliphatic heterocycles. The van der Waals surface area contributed by atoms with Gasteiger partial charge >= 0.3 is 0 Å². The lowest BCUT2D eigenvalue weighted by molar-refractivity contribution is -0.122. The highest BCUT2D eigenvalue weighted by Gasteiger charge is 2.02. The summed E-state index contributed by atoms with van der Waals surface area (Å²) in [5.74, 6) is 1.06. The standard InChI is InChI=1S/C14H14ClN3O2/c1-16-14(19)9-20-12-4-2-3-11(8-12)18-13-7-10(15)5-6-17-13/h2-8H,9H2,1H3,(H,16,19)(H,17,18). The van der Waals surface area contributed by atoms with Gasteiger partial charge in [-0.1, -0.05) is 17.7 Å². The first-order chi connectivity index (χ1) is 9.67. The minimum Gasteiger partial charge on any atom is -0.484 e. The lowest BCUT2D eigenvalue weighted by Crippen LogP contribution is -2.24. The quantitative estimate of drug-likeness (QED) is 0.889. The summed E-state index contributed by atoms with van der Waals surface area (Å²) < 4.78 is 5.36. The number of carbonyl (C=O) groups excluding carboxylic acids is 1. The van der Waals surface area contributed by atoms with Crippen molar-refractivity contribution in [3.8, 4) is 5.75 Å². The van der Waals surface area contributed by atoms with Gasteiger partial charge in [-0.3, -0.25) is 4.79 Å². The number of carbonyl (C=O) groups is 1. The molecule has 0 atom stereocenters. The number of rotatable bonds is 5. The van der Waals surface area contributed by atoms with Crippen molar-refractivity contribution in [3.05, 3.63) is 47.6 Å². The van der Waals surface area contributed by atoms with Gasteiger partial charge in [-0.05, 0) is 24.3 Å². The lowest BCUT2D eigenvalue weighted by Gasteiger charge is -2.09. The van der Waals surface area contributed by atoms with E-state index in [-0.39, 0.29) is 12.5 Å². The van der Waals surface area contributed by atoms with Gasteiger partial charge < -0.3 is 15.4 Å². The number of aromatic nitrogens is 1. The van der Waals surface area contributed by atoms with Crippen molar-refractivity contribution in [2.45, 2.75) is 0 Å². The van der Waals surface area contributed by atoms with Crippen LogP contribution in [0.15, 0.2) is 42.6 Å². The normalized spacial score (nSPS) is 9.90. The third-order valence-electron chi connectivity index (χ3n) is 2.48. The van der Waals surface area contributed by atoms with Crippen molar-refractivity contribution < 1.29 is 9.53 Å². The van der Waals surface area contributed by atoms with Gasteiger partial charge in [0.1, 0.15) is 11.6 Å². The summed E-state index contributed by atoms with van der Waals surface area (Å²) in [5, 5.41) is 6.21. The summed E-state index contributed by atoms with van der Waals surface area (Å²) in [5.41, 5.74) is 0.800. The van der Waals surface area contributed by atoms with E-state index < -0.39 is 0 Å². The Balaban J connectivity index is 2.04. The first kappa shape index (κ1) is 14.1. The maximum Gasteiger partial charge on any atom is 0.257 e. The summed E-state index contributed by atoms with van der Waals surface area (Å²) in [6.45, 7) is -0.0185. The van der Waals surface area contributed by atoms with Crippen LogP contribution in [0, 0.1) is 0 Å². The molecule has 1 aromatic carbocycles. The predicted molar refractivity (Wildman–Crippen MR) is 78.5 cm³/mol. The monoisotopic (exact) mass is 291 g/mol. The van der Waals surface area contributed by atoms with E-state index in [0.29, 0.717) is 16.6 Å². The molecule has 0 saturated heterocycles. The van der Waals surface area contributed by atoms with E-state index in [1.54, 1.807) is 37.5 Å². The Morgan fingerprint density at radius 3 is 2.95 bits per heavy atom. The second-order valence-corrected chi connectivity index (χ2v) is 4.41. The van der Waals surface area contributed by atoms with Crippen molar-refractivity contribution in [3.63, 3.8) is 0 Å². The number of nitrogens with one attached hydrogen (secondary N) is 2. The second kappa shape index (κ2) is 6.77. The Bertz CT molecular complexity index is 604. The molecule has 1 heterocycles. The molecule has 2 N–H and O–H groups in total. The van der Waals surface area contributed by atoms with Gasteiger partial charge in [0.05, 0.1) is 0 Å². The number of ether oxygens (including phenoxy) is 1. The predicted octanol–water partition coefficient (Wildman–Crippen LogP) is 2.60. The third-order valence-corrected chi connectivity index (χ3v) is 2.71. The first-order valence-electron chi connectivity index (χ1n) is 5.99. The van der Waals surface area contributed by atoms with Crippen LogP contribution in [0.5, 0.6) is 5.75 Å². The number of benzene rings is 1. The topological polar surface area (TPSA) is 63.2 Å². The number of nitrogens with zero attached hydrogens (tertiary/aromatic N) is 1. The van der Waals surface area contributed by atoms with Gasteiger partial charge in [0, 0.05) is 30.0 Å². The van der Waals surface area contributed by atoms with Crippen LogP contribution >= 0.6 is 11.6 Å². The lowest BCUT2D eigenvalue weighted by atomic mass is 10.3. The molecule has 0 bridgehead atoms. The maximum atomic E-state index is 11.1. The van der Waals surface area contributed by atoms with Crippen LogP contribution in [0.4, 0.5) is 11.5 Å². The van der Waals surface area contributed by atoms with Crippen molar-refractivity contribution >= 4 is 29.0 Å². The highest BCUT2D eigenvalue weighted by atomic mass is 35.5. The summed E-state index contributed by atoms with van der Waals surface area (Å²) >= 11 is 5.89. The Morgan fingerprint density at radius 2 is 2.20 bits per heavy atom. The average Bonchev–Trinajstić information content (AvgIpc) is 2.45. The van der Waals surface area contributed by atoms with Crippen molar-refractivity contribution in [1.82, 2.24) is 10.3 Å². The summed E-state index contributed by atoms with van der Waals surface area (Å²) in [7, 11) is 1.56. The van der Waals surface area contributed by atoms with Crippen molar-refractivity contribution in [2.75, 3.05) is 19.0 Å². The third kappa shape index (κ3) is 4.13. The zero-order chi connectivity index (χ0) is 14.4. The number of likely N-dealkylation sites (N-methyl/N-ethyl adjacent to an activating group) is 1. The average molecular weight is 292 g/mol. The van der Waals surface area contributed by atoms with Gasteiger partial charge in [-0.25, -0.2) is 4.98 Å². The Kier molecular flexibility index (Phi) is 4.79. The van der Waals surface area contributed by atoms with E-state index in [1.165, 1.54) is 0 Å². The molecule has 0 saturated carbocycles. The summed E-state index contributed by atoms with van der Waals surface area (Å²) in [4.78, 5) is 15.3. The largest absolute Gasteiger partial charge is 0.484 e. The molecule has 0 radical (unpaired) electrons. The smallest absolute Gasteiger partial charge is 0.257 e. The van der Waals surface area contributed by atoms with Crippen LogP contribution in [-0.2, 0) is 4.79 Å². The number of amides is 1. The molecule has 2 aromatic rings. The van der Waals surface area contributed by atoms with Crippen LogP contribution in [-0.4, -0.2) is 24.5 Å². The van der Waals surface area contributed by atoms with E-state index in [2.05, 4.69) is 15.6 Å². The minimum atomic E-state index is -0.181. The van der Waals surface area contributed by atoms with Crippen LogP contribution in [0.1, 0.15) is 0 Å². The fourth-order valence-electron chi connectivity index (χ4n) is 1.51. The molecule has 104 valence electrons.